The van der Waals surface area contributed by atoms with Crippen LogP contribution in [0.2, 0.25) is 10.0 Å². The number of nitrogens with one attached hydrogen (secondary N) is 2. The van der Waals surface area contributed by atoms with E-state index in [1.807, 2.05) is 0 Å². The van der Waals surface area contributed by atoms with E-state index in [-0.39, 0.29) is 35.4 Å². The van der Waals surface area contributed by atoms with Crippen molar-refractivity contribution < 1.29 is 37.3 Å². The van der Waals surface area contributed by atoms with Gasteiger partial charge in [-0.3, -0.25) is 10.2 Å². The Kier molecular flexibility index (Phi) is 12.3. The Morgan fingerprint density at radius 3 is 2.38 bits per heavy atom. The molecule has 264 valence electrons. The van der Waals surface area contributed by atoms with Crippen LogP contribution in [0.5, 0.6) is 17.2 Å². The van der Waals surface area contributed by atoms with E-state index < -0.39 is 33.1 Å². The van der Waals surface area contributed by atoms with Gasteiger partial charge in [0.2, 0.25) is 5.90 Å². The molecule has 4 aromatic rings. The molecule has 1 aliphatic heterocycles. The molecule has 0 unspecified atom stereocenters. The average molecular weight is 743 g/mol. The third-order valence-electron chi connectivity index (χ3n) is 8.10. The molecular formula is C36H37Cl2N3O8S. The maximum atomic E-state index is 14.5. The predicted octanol–water partition coefficient (Wildman–Crippen LogP) is 5.71. The standard InChI is InChI=1S/C36H37Cl2N3O8S/c1-46-28-15-11-25(32(22-28)47-2)23-39-41-35(43)36(17-20-50(44,45)29-7-4-3-5-8-29)33(30-16-12-26(37)21-31(30)38)49-34(40-36)24-9-13-27(14-10-24)48-19-6-18-42/h3-5,7-16,21-22,33,39,42H,6,17-20,23H2,1-2H3,(H,41,43)/t33-,36-/m0/s1. The Hall–Kier alpha value is -4.33. The van der Waals surface area contributed by atoms with Gasteiger partial charge in [-0.2, -0.15) is 0 Å². The van der Waals surface area contributed by atoms with Crippen LogP contribution in [-0.4, -0.2) is 64.1 Å². The number of aliphatic hydroxyl groups is 1. The summed E-state index contributed by atoms with van der Waals surface area (Å²) in [6, 6.07) is 24.9. The summed E-state index contributed by atoms with van der Waals surface area (Å²) in [5.74, 6) is 0.722. The molecule has 0 fully saturated rings. The van der Waals surface area contributed by atoms with Crippen LogP contribution in [0.3, 0.4) is 0 Å². The summed E-state index contributed by atoms with van der Waals surface area (Å²) in [5, 5.41) is 9.66. The summed E-state index contributed by atoms with van der Waals surface area (Å²) in [6.07, 6.45) is -0.936. The molecule has 11 nitrogen and oxygen atoms in total. The number of methoxy groups -OCH3 is 2. The van der Waals surface area contributed by atoms with Crippen molar-refractivity contribution in [3.8, 4) is 17.2 Å². The fraction of sp³-hybridized carbons (Fsp3) is 0.278. The lowest BCUT2D eigenvalue weighted by atomic mass is 9.85. The van der Waals surface area contributed by atoms with Crippen LogP contribution in [0.25, 0.3) is 0 Å². The van der Waals surface area contributed by atoms with E-state index in [1.165, 1.54) is 25.3 Å². The molecule has 0 saturated carbocycles. The molecule has 0 spiro atoms. The largest absolute Gasteiger partial charge is 0.497 e. The Morgan fingerprint density at radius 2 is 1.70 bits per heavy atom. The molecular weight excluding hydrogens is 705 g/mol. The van der Waals surface area contributed by atoms with Crippen molar-refractivity contribution >= 4 is 44.8 Å². The molecule has 50 heavy (non-hydrogen) atoms. The second-order valence-corrected chi connectivity index (χ2v) is 14.3. The van der Waals surface area contributed by atoms with Crippen molar-refractivity contribution in [2.24, 2.45) is 4.99 Å². The second kappa shape index (κ2) is 16.6. The first-order valence-electron chi connectivity index (χ1n) is 15.7. The normalized spacial score (nSPS) is 17.1. The quantitative estimate of drug-likeness (QED) is 0.0971. The van der Waals surface area contributed by atoms with Gasteiger partial charge in [-0.05, 0) is 54.6 Å². The first kappa shape index (κ1) is 36.9. The first-order valence-corrected chi connectivity index (χ1v) is 18.1. The number of benzene rings is 4. The number of nitrogens with zero attached hydrogens (tertiary/aromatic N) is 1. The molecule has 1 heterocycles. The van der Waals surface area contributed by atoms with Crippen molar-refractivity contribution in [3.05, 3.63) is 118 Å². The predicted molar refractivity (Wildman–Crippen MR) is 191 cm³/mol. The molecule has 14 heteroatoms. The van der Waals surface area contributed by atoms with Gasteiger partial charge in [0, 0.05) is 58.8 Å². The van der Waals surface area contributed by atoms with Crippen LogP contribution in [0.15, 0.2) is 101 Å². The van der Waals surface area contributed by atoms with Crippen molar-refractivity contribution in [2.45, 2.75) is 35.9 Å². The van der Waals surface area contributed by atoms with Gasteiger partial charge in [-0.25, -0.2) is 18.8 Å². The Labute approximate surface area is 301 Å². The lowest BCUT2D eigenvalue weighted by Gasteiger charge is -2.31. The number of rotatable bonds is 16. The van der Waals surface area contributed by atoms with E-state index >= 15 is 0 Å². The molecule has 0 radical (unpaired) electrons. The summed E-state index contributed by atoms with van der Waals surface area (Å²) in [5.41, 5.74) is 5.50. The number of carbonyl (C=O) groups is 1. The number of halogens is 2. The van der Waals surface area contributed by atoms with Gasteiger partial charge in [0.1, 0.15) is 17.2 Å². The summed E-state index contributed by atoms with van der Waals surface area (Å²) in [4.78, 5) is 19.5. The van der Waals surface area contributed by atoms with Crippen LogP contribution in [0.1, 0.15) is 35.6 Å². The Balaban J connectivity index is 1.53. The molecule has 0 bridgehead atoms. The van der Waals surface area contributed by atoms with E-state index in [0.717, 1.165) is 5.56 Å². The van der Waals surface area contributed by atoms with Crippen molar-refractivity contribution in [1.82, 2.24) is 10.9 Å². The molecule has 0 saturated heterocycles. The highest BCUT2D eigenvalue weighted by molar-refractivity contribution is 7.91. The third kappa shape index (κ3) is 8.51. The summed E-state index contributed by atoms with van der Waals surface area (Å²) >= 11 is 12.9. The maximum absolute atomic E-state index is 14.5. The van der Waals surface area contributed by atoms with Crippen LogP contribution in [0.4, 0.5) is 0 Å². The van der Waals surface area contributed by atoms with Gasteiger partial charge in [0.05, 0.1) is 31.5 Å². The maximum Gasteiger partial charge on any atom is 0.266 e. The van der Waals surface area contributed by atoms with E-state index in [1.54, 1.807) is 79.9 Å². The number of ether oxygens (including phenoxy) is 4. The van der Waals surface area contributed by atoms with E-state index in [4.69, 9.17) is 52.2 Å². The zero-order valence-electron chi connectivity index (χ0n) is 27.4. The summed E-state index contributed by atoms with van der Waals surface area (Å²) < 4.78 is 50.1. The number of hydrazine groups is 1. The topological polar surface area (TPSA) is 145 Å². The first-order chi connectivity index (χ1) is 24.1. The number of aliphatic hydroxyl groups excluding tert-OH is 1. The molecule has 3 N–H and O–H groups in total. The van der Waals surface area contributed by atoms with Gasteiger partial charge in [0.15, 0.2) is 21.5 Å². The molecule has 1 aliphatic rings. The third-order valence-corrected chi connectivity index (χ3v) is 10.4. The molecule has 2 atom stereocenters. The van der Waals surface area contributed by atoms with E-state index in [0.29, 0.717) is 46.4 Å². The van der Waals surface area contributed by atoms with E-state index in [9.17, 15) is 13.2 Å². The minimum absolute atomic E-state index is 0.00398. The summed E-state index contributed by atoms with van der Waals surface area (Å²) in [6.45, 7) is 0.488. The van der Waals surface area contributed by atoms with Crippen molar-refractivity contribution in [2.75, 3.05) is 33.2 Å². The highest BCUT2D eigenvalue weighted by Gasteiger charge is 2.54. The zero-order valence-corrected chi connectivity index (χ0v) is 29.7. The fourth-order valence-corrected chi connectivity index (χ4v) is 7.32. The van der Waals surface area contributed by atoms with Gasteiger partial charge in [0.25, 0.3) is 5.91 Å². The number of hydrogen-bond acceptors (Lipinski definition) is 10. The van der Waals surface area contributed by atoms with Crippen molar-refractivity contribution in [1.29, 1.82) is 0 Å². The Morgan fingerprint density at radius 1 is 0.960 bits per heavy atom. The van der Waals surface area contributed by atoms with Crippen molar-refractivity contribution in [3.63, 3.8) is 0 Å². The van der Waals surface area contributed by atoms with Gasteiger partial charge < -0.3 is 24.1 Å². The van der Waals surface area contributed by atoms with Gasteiger partial charge in [-0.15, -0.1) is 0 Å². The summed E-state index contributed by atoms with van der Waals surface area (Å²) in [7, 11) is -0.786. The molecule has 4 aromatic carbocycles. The van der Waals surface area contributed by atoms with Gasteiger partial charge >= 0.3 is 0 Å². The average Bonchev–Trinajstić information content (AvgIpc) is 3.52. The molecule has 1 amide bonds. The molecule has 0 aliphatic carbocycles. The van der Waals surface area contributed by atoms with Gasteiger partial charge in [-0.1, -0.05) is 53.5 Å². The number of amides is 1. The lowest BCUT2D eigenvalue weighted by molar-refractivity contribution is -0.130. The SMILES string of the molecule is COc1ccc(CNNC(=O)[C@@]2(CCS(=O)(=O)c3ccccc3)N=C(c3ccc(OCCCO)cc3)O[C@H]2c2ccc(Cl)cc2Cl)c(OC)c1. The van der Waals surface area contributed by atoms with Crippen LogP contribution in [0, 0.1) is 0 Å². The van der Waals surface area contributed by atoms with Crippen LogP contribution < -0.4 is 25.1 Å². The number of carbonyl (C=O) groups excluding carboxylic acids is 1. The number of hydrogen-bond donors (Lipinski definition) is 3. The molecule has 0 aromatic heterocycles. The number of aliphatic imine (C=N–C) groups is 1. The van der Waals surface area contributed by atoms with Crippen LogP contribution >= 0.6 is 23.2 Å². The second-order valence-electron chi connectivity index (χ2n) is 11.3. The fourth-order valence-electron chi connectivity index (χ4n) is 5.42. The highest BCUT2D eigenvalue weighted by atomic mass is 35.5. The minimum Gasteiger partial charge on any atom is -0.497 e. The lowest BCUT2D eigenvalue weighted by Crippen LogP contribution is -2.53. The van der Waals surface area contributed by atoms with Crippen LogP contribution in [-0.2, 0) is 25.9 Å². The minimum atomic E-state index is -3.86. The monoisotopic (exact) mass is 741 g/mol. The Bertz CT molecular complexity index is 1930. The zero-order chi connectivity index (χ0) is 35.7. The van der Waals surface area contributed by atoms with E-state index in [2.05, 4.69) is 10.9 Å². The number of sulfone groups is 1. The molecule has 5 rings (SSSR count). The highest BCUT2D eigenvalue weighted by Crippen LogP contribution is 2.45. The smallest absolute Gasteiger partial charge is 0.266 e.